The van der Waals surface area contributed by atoms with Crippen LogP contribution in [0.5, 0.6) is 0 Å². The molecule has 2 aromatic rings. The Morgan fingerprint density at radius 1 is 1.12 bits per heavy atom. The van der Waals surface area contributed by atoms with Crippen LogP contribution in [-0.4, -0.2) is 39.4 Å². The molecule has 2 aliphatic heterocycles. The van der Waals surface area contributed by atoms with Gasteiger partial charge in [0.25, 0.3) is 0 Å². The van der Waals surface area contributed by atoms with Crippen molar-refractivity contribution in [2.45, 2.75) is 43.8 Å². The molecule has 0 radical (unpaired) electrons. The molecule has 1 aromatic heterocycles. The zero-order chi connectivity index (χ0) is 17.7. The molecule has 0 spiro atoms. The zero-order valence-electron chi connectivity index (χ0n) is 15.4. The largest absolute Gasteiger partial charge is 0.369 e. The quantitative estimate of drug-likeness (QED) is 0.906. The van der Waals surface area contributed by atoms with Gasteiger partial charge in [-0.2, -0.15) is 0 Å². The summed E-state index contributed by atoms with van der Waals surface area (Å²) in [6.07, 6.45) is 11.6. The molecule has 3 aliphatic rings. The third kappa shape index (κ3) is 2.37. The molecule has 5 nitrogen and oxygen atoms in total. The van der Waals surface area contributed by atoms with Crippen LogP contribution in [0.15, 0.2) is 53.2 Å². The molecule has 1 aliphatic carbocycles. The van der Waals surface area contributed by atoms with Crippen LogP contribution in [0.2, 0.25) is 0 Å². The first kappa shape index (κ1) is 15.7. The summed E-state index contributed by atoms with van der Waals surface area (Å²) in [4.78, 5) is 12.3. The molecular weight excluding hydrogens is 322 g/mol. The molecule has 0 amide bonds. The Morgan fingerprint density at radius 2 is 1.96 bits per heavy atom. The van der Waals surface area contributed by atoms with E-state index in [1.54, 1.807) is 0 Å². The molecule has 1 saturated carbocycles. The SMILES string of the molecule is CN1C(C2=CC=CC(c3nc4ccccc4n3C)N2)=NC2CCCCC21. The molecule has 3 unspecified atom stereocenters. The van der Waals surface area contributed by atoms with Gasteiger partial charge in [0.1, 0.15) is 17.7 Å². The van der Waals surface area contributed by atoms with E-state index in [1.807, 2.05) is 6.07 Å². The number of rotatable bonds is 2. The van der Waals surface area contributed by atoms with E-state index in [1.165, 1.54) is 25.7 Å². The van der Waals surface area contributed by atoms with Gasteiger partial charge in [-0.3, -0.25) is 4.99 Å². The number of nitrogens with zero attached hydrogens (tertiary/aromatic N) is 4. The van der Waals surface area contributed by atoms with Crippen LogP contribution in [0.1, 0.15) is 37.5 Å². The highest BCUT2D eigenvalue weighted by atomic mass is 15.3. The second-order valence-electron chi connectivity index (χ2n) is 7.59. The molecule has 1 N–H and O–H groups in total. The molecular formula is C21H25N5. The number of nitrogens with one attached hydrogen (secondary N) is 1. The minimum Gasteiger partial charge on any atom is -0.369 e. The van der Waals surface area contributed by atoms with E-state index < -0.39 is 0 Å². The number of amidine groups is 1. The lowest BCUT2D eigenvalue weighted by Gasteiger charge is -2.31. The number of hydrogen-bond acceptors (Lipinski definition) is 4. The van der Waals surface area contributed by atoms with Gasteiger partial charge >= 0.3 is 0 Å². The minimum absolute atomic E-state index is 0.0612. The van der Waals surface area contributed by atoms with Crippen molar-refractivity contribution in [3.63, 3.8) is 0 Å². The van der Waals surface area contributed by atoms with Crippen molar-refractivity contribution >= 4 is 16.9 Å². The van der Waals surface area contributed by atoms with Gasteiger partial charge in [-0.25, -0.2) is 4.98 Å². The van der Waals surface area contributed by atoms with Gasteiger partial charge in [0.2, 0.25) is 0 Å². The Kier molecular flexibility index (Phi) is 3.62. The third-order valence-corrected chi connectivity index (χ3v) is 6.03. The number of allylic oxidation sites excluding steroid dienone is 2. The van der Waals surface area contributed by atoms with Crippen LogP contribution in [0.25, 0.3) is 11.0 Å². The lowest BCUT2D eigenvalue weighted by Crippen LogP contribution is -2.41. The van der Waals surface area contributed by atoms with Gasteiger partial charge in [0, 0.05) is 14.1 Å². The van der Waals surface area contributed by atoms with E-state index in [0.29, 0.717) is 12.1 Å². The maximum atomic E-state index is 5.06. The van der Waals surface area contributed by atoms with Gasteiger partial charge in [0.05, 0.1) is 28.8 Å². The number of likely N-dealkylation sites (N-methyl/N-ethyl adjacent to an activating group) is 1. The number of dihydropyridines is 1. The Hall–Kier alpha value is -2.56. The predicted molar refractivity (Wildman–Crippen MR) is 105 cm³/mol. The third-order valence-electron chi connectivity index (χ3n) is 6.03. The van der Waals surface area contributed by atoms with Gasteiger partial charge in [-0.15, -0.1) is 0 Å². The van der Waals surface area contributed by atoms with Crippen LogP contribution in [0.4, 0.5) is 0 Å². The average molecular weight is 347 g/mol. The number of aromatic nitrogens is 2. The van der Waals surface area contributed by atoms with Crippen LogP contribution in [0.3, 0.4) is 0 Å². The summed E-state index contributed by atoms with van der Waals surface area (Å²) in [5.41, 5.74) is 3.31. The Bertz CT molecular complexity index is 935. The van der Waals surface area contributed by atoms with Crippen molar-refractivity contribution in [2.75, 3.05) is 7.05 Å². The van der Waals surface area contributed by atoms with Crippen molar-refractivity contribution in [1.82, 2.24) is 19.8 Å². The zero-order valence-corrected chi connectivity index (χ0v) is 15.4. The normalized spacial score (nSPS) is 27.9. The molecule has 3 heterocycles. The second kappa shape index (κ2) is 6.01. The minimum atomic E-state index is 0.0612. The van der Waals surface area contributed by atoms with Crippen LogP contribution < -0.4 is 5.32 Å². The first-order valence-corrected chi connectivity index (χ1v) is 9.60. The lowest BCUT2D eigenvalue weighted by molar-refractivity contribution is 0.275. The first-order valence-electron chi connectivity index (χ1n) is 9.60. The van der Waals surface area contributed by atoms with Crippen LogP contribution in [0, 0.1) is 0 Å². The summed E-state index contributed by atoms with van der Waals surface area (Å²) in [6.45, 7) is 0. The van der Waals surface area contributed by atoms with E-state index in [4.69, 9.17) is 9.98 Å². The van der Waals surface area contributed by atoms with Crippen molar-refractivity contribution in [3.8, 4) is 0 Å². The highest BCUT2D eigenvalue weighted by Gasteiger charge is 2.37. The number of benzene rings is 1. The number of aliphatic imine (C=N–C) groups is 1. The monoisotopic (exact) mass is 347 g/mol. The number of para-hydroxylation sites is 2. The van der Waals surface area contributed by atoms with Crippen molar-refractivity contribution in [1.29, 1.82) is 0 Å². The Balaban J connectivity index is 1.44. The molecule has 0 saturated heterocycles. The summed E-state index contributed by atoms with van der Waals surface area (Å²) in [5, 5.41) is 3.67. The summed E-state index contributed by atoms with van der Waals surface area (Å²) in [6, 6.07) is 9.39. The van der Waals surface area contributed by atoms with Gasteiger partial charge in [0.15, 0.2) is 0 Å². The average Bonchev–Trinajstić information content (AvgIpc) is 3.20. The lowest BCUT2D eigenvalue weighted by atomic mass is 9.91. The van der Waals surface area contributed by atoms with E-state index in [-0.39, 0.29) is 6.04 Å². The van der Waals surface area contributed by atoms with Crippen LogP contribution >= 0.6 is 0 Å². The summed E-state index contributed by atoms with van der Waals surface area (Å²) >= 11 is 0. The molecule has 134 valence electrons. The van der Waals surface area contributed by atoms with E-state index >= 15 is 0 Å². The molecule has 0 bridgehead atoms. The van der Waals surface area contributed by atoms with E-state index in [9.17, 15) is 0 Å². The highest BCUT2D eigenvalue weighted by molar-refractivity contribution is 5.99. The van der Waals surface area contributed by atoms with E-state index in [0.717, 1.165) is 28.4 Å². The topological polar surface area (TPSA) is 45.5 Å². The van der Waals surface area contributed by atoms with Gasteiger partial charge in [-0.05, 0) is 31.1 Å². The molecule has 3 atom stereocenters. The number of aryl methyl sites for hydroxylation is 1. The molecule has 5 rings (SSSR count). The number of fused-ring (bicyclic) bond motifs is 2. The predicted octanol–water partition coefficient (Wildman–Crippen LogP) is 3.31. The maximum Gasteiger partial charge on any atom is 0.147 e. The first-order chi connectivity index (χ1) is 12.7. The smallest absolute Gasteiger partial charge is 0.147 e. The van der Waals surface area contributed by atoms with Gasteiger partial charge in [-0.1, -0.05) is 37.1 Å². The fraction of sp³-hybridized carbons (Fsp3) is 0.429. The standard InChI is InChI=1S/C21H25N5/c1-25-18-12-5-3-8-14(18)23-20(25)16-10-7-11-17(22-16)21-24-15-9-4-6-13-19(15)26(21)2/h3,5,7-8,10-12,15-16,19,22H,4,6,9,13H2,1-2H3. The number of hydrogen-bond donors (Lipinski definition) is 1. The fourth-order valence-electron chi connectivity index (χ4n) is 4.62. The van der Waals surface area contributed by atoms with Crippen molar-refractivity contribution < 1.29 is 0 Å². The summed E-state index contributed by atoms with van der Waals surface area (Å²) in [5.74, 6) is 2.14. The second-order valence-corrected chi connectivity index (χ2v) is 7.59. The van der Waals surface area contributed by atoms with Crippen LogP contribution in [-0.2, 0) is 7.05 Å². The highest BCUT2D eigenvalue weighted by Crippen LogP contribution is 2.32. The summed E-state index contributed by atoms with van der Waals surface area (Å²) in [7, 11) is 4.28. The molecule has 1 aromatic carbocycles. The van der Waals surface area contributed by atoms with Crippen molar-refractivity contribution in [3.05, 3.63) is 54.0 Å². The molecule has 5 heteroatoms. The molecule has 26 heavy (non-hydrogen) atoms. The maximum absolute atomic E-state index is 5.06. The Morgan fingerprint density at radius 3 is 2.81 bits per heavy atom. The molecule has 1 fully saturated rings. The number of imidazole rings is 1. The van der Waals surface area contributed by atoms with Gasteiger partial charge < -0.3 is 14.8 Å². The van der Waals surface area contributed by atoms with E-state index in [2.05, 4.69) is 65.3 Å². The fourth-order valence-corrected chi connectivity index (χ4v) is 4.62. The van der Waals surface area contributed by atoms with Crippen molar-refractivity contribution in [2.24, 2.45) is 12.0 Å². The summed E-state index contributed by atoms with van der Waals surface area (Å²) < 4.78 is 2.18. The Labute approximate surface area is 154 Å².